The van der Waals surface area contributed by atoms with Crippen molar-refractivity contribution in [3.8, 4) is 0 Å². The standard InChI is InChI=1S/C29H49NO4.C2H6/c1-4-5-6-7-8-9-10-11-12-13-14-15-16-17-18-21-27(31)34-26-23-32-29(3,33-24-26)28-25(2)20-19-22-30-28;1-2/h19-20,22,26H,4-18,21,23-24H2,1-3H3;1-2H3. The number of hydrogen-bond donors (Lipinski definition) is 0. The van der Waals surface area contributed by atoms with Crippen molar-refractivity contribution >= 4 is 5.97 Å². The van der Waals surface area contributed by atoms with Crippen LogP contribution in [0.2, 0.25) is 0 Å². The molecule has 1 saturated heterocycles. The molecular weight excluding hydrogens is 450 g/mol. The van der Waals surface area contributed by atoms with Crippen molar-refractivity contribution in [2.24, 2.45) is 0 Å². The van der Waals surface area contributed by atoms with Gasteiger partial charge in [0.25, 0.3) is 0 Å². The van der Waals surface area contributed by atoms with E-state index in [0.717, 1.165) is 24.1 Å². The zero-order valence-electron chi connectivity index (χ0n) is 24.1. The van der Waals surface area contributed by atoms with Gasteiger partial charge in [0.2, 0.25) is 5.79 Å². The second-order valence-electron chi connectivity index (χ2n) is 10.0. The molecular formula is C31H55NO4. The highest BCUT2D eigenvalue weighted by Crippen LogP contribution is 2.31. The molecule has 0 atom stereocenters. The normalized spacial score (nSPS) is 19.4. The largest absolute Gasteiger partial charge is 0.457 e. The van der Waals surface area contributed by atoms with Gasteiger partial charge in [0.15, 0.2) is 0 Å². The molecule has 1 aromatic rings. The first-order valence-electron chi connectivity index (χ1n) is 14.9. The van der Waals surface area contributed by atoms with Crippen LogP contribution in [0.3, 0.4) is 0 Å². The van der Waals surface area contributed by atoms with Crippen LogP contribution in [0, 0.1) is 6.92 Å². The number of rotatable bonds is 18. The van der Waals surface area contributed by atoms with Gasteiger partial charge in [-0.15, -0.1) is 0 Å². The van der Waals surface area contributed by atoms with E-state index in [-0.39, 0.29) is 12.1 Å². The van der Waals surface area contributed by atoms with Gasteiger partial charge in [-0.25, -0.2) is 0 Å². The molecule has 0 aliphatic carbocycles. The summed E-state index contributed by atoms with van der Waals surface area (Å²) in [6.07, 6.45) is 21.7. The lowest BCUT2D eigenvalue weighted by Gasteiger charge is -2.37. The number of aryl methyl sites for hydroxylation is 1. The van der Waals surface area contributed by atoms with Crippen molar-refractivity contribution in [3.63, 3.8) is 0 Å². The first kappa shape index (κ1) is 32.6. The van der Waals surface area contributed by atoms with Crippen LogP contribution in [0.25, 0.3) is 0 Å². The van der Waals surface area contributed by atoms with E-state index in [4.69, 9.17) is 14.2 Å². The highest BCUT2D eigenvalue weighted by atomic mass is 16.7. The first-order valence-corrected chi connectivity index (χ1v) is 14.9. The first-order chi connectivity index (χ1) is 17.5. The summed E-state index contributed by atoms with van der Waals surface area (Å²) in [5.41, 5.74) is 1.80. The molecule has 0 saturated carbocycles. The van der Waals surface area contributed by atoms with Gasteiger partial charge in [-0.3, -0.25) is 9.78 Å². The van der Waals surface area contributed by atoms with Crippen LogP contribution < -0.4 is 0 Å². The number of unbranched alkanes of at least 4 members (excludes halogenated alkanes) is 14. The molecule has 1 aromatic heterocycles. The Labute approximate surface area is 222 Å². The molecule has 0 amide bonds. The van der Waals surface area contributed by atoms with Gasteiger partial charge in [-0.05, 0) is 31.9 Å². The SMILES string of the molecule is CC.CCCCCCCCCCCCCCCCCC(=O)OC1COC(C)(c2ncccc2C)OC1. The molecule has 5 heteroatoms. The van der Waals surface area contributed by atoms with Crippen molar-refractivity contribution < 1.29 is 19.0 Å². The van der Waals surface area contributed by atoms with Crippen LogP contribution in [0.15, 0.2) is 18.3 Å². The van der Waals surface area contributed by atoms with Crippen LogP contribution in [-0.2, 0) is 24.8 Å². The Bertz CT molecular complexity index is 670. The average molecular weight is 506 g/mol. The van der Waals surface area contributed by atoms with E-state index in [0.29, 0.717) is 19.6 Å². The Kier molecular flexibility index (Phi) is 18.6. The molecule has 0 spiro atoms. The molecule has 1 aliphatic heterocycles. The summed E-state index contributed by atoms with van der Waals surface area (Å²) < 4.78 is 17.4. The molecule has 2 heterocycles. The van der Waals surface area contributed by atoms with Crippen LogP contribution in [-0.4, -0.2) is 30.3 Å². The summed E-state index contributed by atoms with van der Waals surface area (Å²) in [5, 5.41) is 0. The zero-order valence-corrected chi connectivity index (χ0v) is 24.1. The molecule has 5 nitrogen and oxygen atoms in total. The summed E-state index contributed by atoms with van der Waals surface area (Å²) in [6.45, 7) is 10.8. The van der Waals surface area contributed by atoms with Gasteiger partial charge in [0, 0.05) is 12.6 Å². The van der Waals surface area contributed by atoms with Crippen LogP contribution in [0.1, 0.15) is 142 Å². The average Bonchev–Trinajstić information content (AvgIpc) is 2.89. The lowest BCUT2D eigenvalue weighted by Crippen LogP contribution is -2.44. The van der Waals surface area contributed by atoms with Gasteiger partial charge >= 0.3 is 5.97 Å². The van der Waals surface area contributed by atoms with E-state index in [1.54, 1.807) is 6.20 Å². The van der Waals surface area contributed by atoms with E-state index in [1.165, 1.54) is 83.5 Å². The number of aromatic nitrogens is 1. The maximum atomic E-state index is 12.2. The molecule has 0 N–H and O–H groups in total. The van der Waals surface area contributed by atoms with Crippen LogP contribution in [0.4, 0.5) is 0 Å². The van der Waals surface area contributed by atoms with Crippen molar-refractivity contribution in [2.75, 3.05) is 13.2 Å². The Balaban J connectivity index is 0.00000316. The molecule has 0 bridgehead atoms. The monoisotopic (exact) mass is 505 g/mol. The maximum Gasteiger partial charge on any atom is 0.306 e. The second kappa shape index (κ2) is 20.6. The molecule has 2 rings (SSSR count). The molecule has 208 valence electrons. The number of hydrogen-bond acceptors (Lipinski definition) is 5. The van der Waals surface area contributed by atoms with Gasteiger partial charge in [0.1, 0.15) is 11.8 Å². The number of pyridine rings is 1. The van der Waals surface area contributed by atoms with Crippen molar-refractivity contribution in [2.45, 2.75) is 149 Å². The molecule has 0 unspecified atom stereocenters. The predicted molar refractivity (Wildman–Crippen MR) is 149 cm³/mol. The number of ether oxygens (including phenoxy) is 3. The summed E-state index contributed by atoms with van der Waals surface area (Å²) in [4.78, 5) is 16.6. The van der Waals surface area contributed by atoms with Gasteiger partial charge < -0.3 is 14.2 Å². The molecule has 0 aromatic carbocycles. The third-order valence-electron chi connectivity index (χ3n) is 6.81. The van der Waals surface area contributed by atoms with Crippen LogP contribution in [0.5, 0.6) is 0 Å². The molecule has 0 radical (unpaired) electrons. The summed E-state index contributed by atoms with van der Waals surface area (Å²) in [7, 11) is 0. The quantitative estimate of drug-likeness (QED) is 0.147. The van der Waals surface area contributed by atoms with Crippen molar-refractivity contribution in [3.05, 3.63) is 29.6 Å². The fraction of sp³-hybridized carbons (Fsp3) is 0.806. The van der Waals surface area contributed by atoms with E-state index in [2.05, 4.69) is 11.9 Å². The maximum absolute atomic E-state index is 12.2. The Morgan fingerprint density at radius 1 is 0.889 bits per heavy atom. The topological polar surface area (TPSA) is 57.7 Å². The van der Waals surface area contributed by atoms with Gasteiger partial charge in [-0.2, -0.15) is 0 Å². The third kappa shape index (κ3) is 13.7. The zero-order chi connectivity index (χ0) is 26.5. The Morgan fingerprint density at radius 2 is 1.36 bits per heavy atom. The van der Waals surface area contributed by atoms with E-state index in [9.17, 15) is 4.79 Å². The Morgan fingerprint density at radius 3 is 1.83 bits per heavy atom. The molecule has 36 heavy (non-hydrogen) atoms. The number of carbonyl (C=O) groups excluding carboxylic acids is 1. The summed E-state index contributed by atoms with van der Waals surface area (Å²) >= 11 is 0. The van der Waals surface area contributed by atoms with Gasteiger partial charge in [-0.1, -0.05) is 117 Å². The number of nitrogens with zero attached hydrogens (tertiary/aromatic N) is 1. The summed E-state index contributed by atoms with van der Waals surface area (Å²) in [5.74, 6) is -1.04. The number of esters is 1. The van der Waals surface area contributed by atoms with Crippen molar-refractivity contribution in [1.29, 1.82) is 0 Å². The minimum absolute atomic E-state index is 0.149. The summed E-state index contributed by atoms with van der Waals surface area (Å²) in [6, 6.07) is 3.89. The minimum Gasteiger partial charge on any atom is -0.457 e. The third-order valence-corrected chi connectivity index (χ3v) is 6.81. The van der Waals surface area contributed by atoms with E-state index >= 15 is 0 Å². The predicted octanol–water partition coefficient (Wildman–Crippen LogP) is 8.81. The Hall–Kier alpha value is -1.46. The highest BCUT2D eigenvalue weighted by molar-refractivity contribution is 5.69. The van der Waals surface area contributed by atoms with E-state index in [1.807, 2.05) is 39.8 Å². The number of carbonyl (C=O) groups is 1. The highest BCUT2D eigenvalue weighted by Gasteiger charge is 2.38. The molecule has 1 fully saturated rings. The fourth-order valence-electron chi connectivity index (χ4n) is 4.65. The lowest BCUT2D eigenvalue weighted by molar-refractivity contribution is -0.295. The fourth-order valence-corrected chi connectivity index (χ4v) is 4.65. The smallest absolute Gasteiger partial charge is 0.306 e. The minimum atomic E-state index is -0.886. The molecule has 1 aliphatic rings. The van der Waals surface area contributed by atoms with E-state index < -0.39 is 5.79 Å². The van der Waals surface area contributed by atoms with Gasteiger partial charge in [0.05, 0.1) is 13.2 Å². The van der Waals surface area contributed by atoms with Crippen molar-refractivity contribution in [1.82, 2.24) is 4.98 Å². The van der Waals surface area contributed by atoms with Crippen LogP contribution >= 0.6 is 0 Å². The second-order valence-corrected chi connectivity index (χ2v) is 10.0. The lowest BCUT2D eigenvalue weighted by atomic mass is 10.0.